The highest BCUT2D eigenvalue weighted by Gasteiger charge is 2.14. The van der Waals surface area contributed by atoms with Gasteiger partial charge in [0.15, 0.2) is 0 Å². The molecule has 0 bridgehead atoms. The summed E-state index contributed by atoms with van der Waals surface area (Å²) in [5.41, 5.74) is 0.739. The normalized spacial score (nSPS) is 11.5. The Kier molecular flexibility index (Phi) is 6.39. The molecule has 0 unspecified atom stereocenters. The second-order valence-electron chi connectivity index (χ2n) is 5.86. The first-order valence-electron chi connectivity index (χ1n) is 8.58. The van der Waals surface area contributed by atoms with Gasteiger partial charge >= 0.3 is 0 Å². The van der Waals surface area contributed by atoms with Crippen molar-refractivity contribution in [1.82, 2.24) is 0 Å². The zero-order chi connectivity index (χ0) is 19.1. The summed E-state index contributed by atoms with van der Waals surface area (Å²) in [5, 5.41) is 2.71. The number of benzene rings is 3. The number of anilines is 1. The Labute approximate surface area is 163 Å². The molecule has 0 radical (unpaired) electrons. The summed E-state index contributed by atoms with van der Waals surface area (Å²) < 4.78 is 10.9. The molecule has 1 amide bonds. The van der Waals surface area contributed by atoms with Crippen molar-refractivity contribution >= 4 is 23.4 Å². The molecule has 0 aliphatic heterocycles. The molecule has 0 aliphatic carbocycles. The molecule has 3 aromatic carbocycles. The third kappa shape index (κ3) is 5.53. The van der Waals surface area contributed by atoms with Gasteiger partial charge in [-0.05, 0) is 67.6 Å². The molecule has 0 fully saturated rings. The van der Waals surface area contributed by atoms with Gasteiger partial charge in [0, 0.05) is 10.6 Å². The minimum Gasteiger partial charge on any atom is -0.497 e. The van der Waals surface area contributed by atoms with Crippen LogP contribution in [0.4, 0.5) is 5.69 Å². The smallest absolute Gasteiger partial charge is 0.237 e. The SMILES string of the molecule is COc1ccc(S[C@@H](C)C(=O)Nc2ccc(Oc3ccccc3)cc2)cc1. The fourth-order valence-corrected chi connectivity index (χ4v) is 3.25. The molecule has 4 nitrogen and oxygen atoms in total. The Morgan fingerprint density at radius 3 is 2.07 bits per heavy atom. The van der Waals surface area contributed by atoms with Gasteiger partial charge in [0.05, 0.1) is 12.4 Å². The first-order chi connectivity index (χ1) is 13.1. The Morgan fingerprint density at radius 1 is 0.852 bits per heavy atom. The lowest BCUT2D eigenvalue weighted by Gasteiger charge is -2.13. The number of amides is 1. The lowest BCUT2D eigenvalue weighted by Crippen LogP contribution is -2.22. The Bertz CT molecular complexity index is 864. The van der Waals surface area contributed by atoms with Gasteiger partial charge in [-0.15, -0.1) is 11.8 Å². The van der Waals surface area contributed by atoms with Crippen LogP contribution in [-0.4, -0.2) is 18.3 Å². The summed E-state index contributed by atoms with van der Waals surface area (Å²) in [7, 11) is 1.63. The fraction of sp³-hybridized carbons (Fsp3) is 0.136. The van der Waals surface area contributed by atoms with Crippen LogP contribution in [0.25, 0.3) is 0 Å². The molecular weight excluding hydrogens is 358 g/mol. The van der Waals surface area contributed by atoms with E-state index in [0.29, 0.717) is 0 Å². The number of thioether (sulfide) groups is 1. The van der Waals surface area contributed by atoms with Gasteiger partial charge in [-0.2, -0.15) is 0 Å². The third-order valence-electron chi connectivity index (χ3n) is 3.84. The van der Waals surface area contributed by atoms with E-state index in [1.165, 1.54) is 11.8 Å². The molecule has 5 heteroatoms. The number of nitrogens with one attached hydrogen (secondary N) is 1. The standard InChI is InChI=1S/C22H21NO3S/c1-16(27-21-14-12-18(25-2)13-15-21)22(24)23-17-8-10-20(11-9-17)26-19-6-4-3-5-7-19/h3-16H,1-2H3,(H,23,24)/t16-/m0/s1. The van der Waals surface area contributed by atoms with Gasteiger partial charge in [-0.25, -0.2) is 0 Å². The number of rotatable bonds is 7. The van der Waals surface area contributed by atoms with Gasteiger partial charge in [0.2, 0.25) is 5.91 Å². The van der Waals surface area contributed by atoms with Gasteiger partial charge in [-0.3, -0.25) is 4.79 Å². The van der Waals surface area contributed by atoms with E-state index in [2.05, 4.69) is 5.32 Å². The summed E-state index contributed by atoms with van der Waals surface area (Å²) >= 11 is 1.50. The van der Waals surface area contributed by atoms with E-state index in [-0.39, 0.29) is 11.2 Å². The molecule has 0 heterocycles. The quantitative estimate of drug-likeness (QED) is 0.542. The molecule has 3 aromatic rings. The number of para-hydroxylation sites is 1. The predicted molar refractivity (Wildman–Crippen MR) is 110 cm³/mol. The molecule has 3 rings (SSSR count). The van der Waals surface area contributed by atoms with Crippen molar-refractivity contribution in [2.75, 3.05) is 12.4 Å². The van der Waals surface area contributed by atoms with Crippen LogP contribution < -0.4 is 14.8 Å². The summed E-state index contributed by atoms with van der Waals surface area (Å²) in [5.74, 6) is 2.25. The molecule has 1 N–H and O–H groups in total. The minimum absolute atomic E-state index is 0.0486. The first-order valence-corrected chi connectivity index (χ1v) is 9.46. The third-order valence-corrected chi connectivity index (χ3v) is 4.95. The maximum atomic E-state index is 12.4. The van der Waals surface area contributed by atoms with Crippen LogP contribution in [-0.2, 0) is 4.79 Å². The van der Waals surface area contributed by atoms with Gasteiger partial charge in [0.1, 0.15) is 17.2 Å². The van der Waals surface area contributed by atoms with E-state index < -0.39 is 0 Å². The molecule has 0 spiro atoms. The number of hydrogen-bond acceptors (Lipinski definition) is 4. The van der Waals surface area contributed by atoms with Crippen molar-refractivity contribution < 1.29 is 14.3 Å². The topological polar surface area (TPSA) is 47.6 Å². The Hall–Kier alpha value is -2.92. The monoisotopic (exact) mass is 379 g/mol. The summed E-state index contributed by atoms with van der Waals surface area (Å²) in [4.78, 5) is 13.4. The molecule has 0 saturated carbocycles. The zero-order valence-electron chi connectivity index (χ0n) is 15.2. The highest BCUT2D eigenvalue weighted by atomic mass is 32.2. The Morgan fingerprint density at radius 2 is 1.44 bits per heavy atom. The number of hydrogen-bond donors (Lipinski definition) is 1. The maximum absolute atomic E-state index is 12.4. The van der Waals surface area contributed by atoms with Crippen LogP contribution in [0, 0.1) is 0 Å². The van der Waals surface area contributed by atoms with E-state index in [1.54, 1.807) is 7.11 Å². The van der Waals surface area contributed by atoms with Crippen molar-refractivity contribution in [2.24, 2.45) is 0 Å². The van der Waals surface area contributed by atoms with E-state index in [1.807, 2.05) is 85.8 Å². The number of carbonyl (C=O) groups excluding carboxylic acids is 1. The van der Waals surface area contributed by atoms with Crippen LogP contribution in [0.3, 0.4) is 0 Å². The van der Waals surface area contributed by atoms with Crippen LogP contribution >= 0.6 is 11.8 Å². The highest BCUT2D eigenvalue weighted by molar-refractivity contribution is 8.00. The largest absolute Gasteiger partial charge is 0.497 e. The molecule has 0 saturated heterocycles. The first kappa shape index (κ1) is 18.9. The van der Waals surface area contributed by atoms with Crippen LogP contribution in [0.2, 0.25) is 0 Å². The summed E-state index contributed by atoms with van der Waals surface area (Å²) in [6.45, 7) is 1.89. The maximum Gasteiger partial charge on any atom is 0.237 e. The zero-order valence-corrected chi connectivity index (χ0v) is 16.0. The molecule has 138 valence electrons. The van der Waals surface area contributed by atoms with Crippen LogP contribution in [0.1, 0.15) is 6.92 Å². The van der Waals surface area contributed by atoms with Gasteiger partial charge in [0.25, 0.3) is 0 Å². The average molecular weight is 379 g/mol. The number of carbonyl (C=O) groups is 1. The number of ether oxygens (including phenoxy) is 2. The average Bonchev–Trinajstić information content (AvgIpc) is 2.71. The van der Waals surface area contributed by atoms with Gasteiger partial charge in [-0.1, -0.05) is 18.2 Å². The molecule has 1 atom stereocenters. The van der Waals surface area contributed by atoms with E-state index >= 15 is 0 Å². The van der Waals surface area contributed by atoms with Crippen LogP contribution in [0.15, 0.2) is 83.8 Å². The fourth-order valence-electron chi connectivity index (χ4n) is 2.39. The lowest BCUT2D eigenvalue weighted by molar-refractivity contribution is -0.115. The highest BCUT2D eigenvalue weighted by Crippen LogP contribution is 2.27. The van der Waals surface area contributed by atoms with Crippen molar-refractivity contribution in [3.63, 3.8) is 0 Å². The van der Waals surface area contributed by atoms with Crippen molar-refractivity contribution in [3.05, 3.63) is 78.9 Å². The Balaban J connectivity index is 1.54. The molecule has 0 aliphatic rings. The van der Waals surface area contributed by atoms with Crippen molar-refractivity contribution in [3.8, 4) is 17.2 Å². The lowest BCUT2D eigenvalue weighted by atomic mass is 10.3. The summed E-state index contributed by atoms with van der Waals surface area (Å²) in [6, 6.07) is 24.6. The molecule has 27 heavy (non-hydrogen) atoms. The second-order valence-corrected chi connectivity index (χ2v) is 7.28. The number of methoxy groups -OCH3 is 1. The predicted octanol–water partition coefficient (Wildman–Crippen LogP) is 5.61. The van der Waals surface area contributed by atoms with E-state index in [9.17, 15) is 4.79 Å². The summed E-state index contributed by atoms with van der Waals surface area (Å²) in [6.07, 6.45) is 0. The van der Waals surface area contributed by atoms with Crippen molar-refractivity contribution in [2.45, 2.75) is 17.1 Å². The van der Waals surface area contributed by atoms with Crippen molar-refractivity contribution in [1.29, 1.82) is 0 Å². The minimum atomic E-state index is -0.223. The molecule has 0 aromatic heterocycles. The van der Waals surface area contributed by atoms with Gasteiger partial charge < -0.3 is 14.8 Å². The van der Waals surface area contributed by atoms with E-state index in [0.717, 1.165) is 27.8 Å². The second kappa shape index (κ2) is 9.14. The molecular formula is C22H21NO3S. The van der Waals surface area contributed by atoms with E-state index in [4.69, 9.17) is 9.47 Å². The van der Waals surface area contributed by atoms with Crippen LogP contribution in [0.5, 0.6) is 17.2 Å².